The highest BCUT2D eigenvalue weighted by Gasteiger charge is 2.19. The Morgan fingerprint density at radius 3 is 0.831 bits per heavy atom. The van der Waals surface area contributed by atoms with E-state index in [1.165, 1.54) is 218 Å². The van der Waals surface area contributed by atoms with Crippen LogP contribution in [0.4, 0.5) is 0 Å². The van der Waals surface area contributed by atoms with Gasteiger partial charge in [0, 0.05) is 19.3 Å². The number of ether oxygens (including phenoxy) is 3. The molecule has 1 unspecified atom stereocenters. The zero-order chi connectivity index (χ0) is 55.7. The highest BCUT2D eigenvalue weighted by molar-refractivity contribution is 5.71. The third-order valence-corrected chi connectivity index (χ3v) is 14.7. The SMILES string of the molecule is CC/C=C\C/C=C\C/C=C\C/C=C\CCCCC(=O)OCC(COC(=O)CCCCCCCCCCCCC/C=C\CCCCCCCCCC)OC(=O)CCCCCCCCCCC/C=C\CCCCCCCCCC. The first kappa shape index (κ1) is 73.8. The number of allylic oxidation sites excluding steroid dienone is 12. The lowest BCUT2D eigenvalue weighted by molar-refractivity contribution is -0.167. The van der Waals surface area contributed by atoms with Crippen LogP contribution in [0, 0.1) is 0 Å². The summed E-state index contributed by atoms with van der Waals surface area (Å²) in [5.41, 5.74) is 0. The summed E-state index contributed by atoms with van der Waals surface area (Å²) in [5.74, 6) is -0.918. The fourth-order valence-electron chi connectivity index (χ4n) is 9.66. The van der Waals surface area contributed by atoms with E-state index in [4.69, 9.17) is 14.2 Å². The molecule has 0 amide bonds. The molecule has 0 aliphatic carbocycles. The van der Waals surface area contributed by atoms with Gasteiger partial charge in [0.25, 0.3) is 0 Å². The van der Waals surface area contributed by atoms with Crippen molar-refractivity contribution < 1.29 is 28.6 Å². The van der Waals surface area contributed by atoms with Crippen LogP contribution in [0.2, 0.25) is 0 Å². The molecule has 0 aromatic rings. The predicted molar refractivity (Wildman–Crippen MR) is 335 cm³/mol. The van der Waals surface area contributed by atoms with Crippen LogP contribution in [-0.4, -0.2) is 37.2 Å². The minimum absolute atomic E-state index is 0.0880. The lowest BCUT2D eigenvalue weighted by Gasteiger charge is -2.18. The monoisotopic (exact) mass is 1070 g/mol. The van der Waals surface area contributed by atoms with Gasteiger partial charge in [0.1, 0.15) is 13.2 Å². The average molecular weight is 1080 g/mol. The normalized spacial score (nSPS) is 12.5. The Kier molecular flexibility index (Phi) is 62.7. The maximum Gasteiger partial charge on any atom is 0.306 e. The second-order valence-electron chi connectivity index (χ2n) is 22.3. The van der Waals surface area contributed by atoms with Crippen molar-refractivity contribution in [3.8, 4) is 0 Å². The van der Waals surface area contributed by atoms with Gasteiger partial charge < -0.3 is 14.2 Å². The van der Waals surface area contributed by atoms with Gasteiger partial charge in [-0.1, -0.05) is 286 Å². The number of unbranched alkanes of at least 4 members (excludes halogenated alkanes) is 38. The number of hydrogen-bond donors (Lipinski definition) is 0. The van der Waals surface area contributed by atoms with E-state index >= 15 is 0 Å². The van der Waals surface area contributed by atoms with Crippen molar-refractivity contribution in [1.29, 1.82) is 0 Å². The Balaban J connectivity index is 4.35. The number of hydrogen-bond acceptors (Lipinski definition) is 6. The van der Waals surface area contributed by atoms with E-state index in [9.17, 15) is 14.4 Å². The van der Waals surface area contributed by atoms with Crippen molar-refractivity contribution in [2.75, 3.05) is 13.2 Å². The third-order valence-electron chi connectivity index (χ3n) is 14.7. The first-order chi connectivity index (χ1) is 38.0. The van der Waals surface area contributed by atoms with Gasteiger partial charge in [-0.25, -0.2) is 0 Å². The molecule has 0 aliphatic rings. The highest BCUT2D eigenvalue weighted by atomic mass is 16.6. The fraction of sp³-hybridized carbons (Fsp3) is 0.789. The van der Waals surface area contributed by atoms with Crippen LogP contribution in [0.3, 0.4) is 0 Å². The van der Waals surface area contributed by atoms with Gasteiger partial charge >= 0.3 is 17.9 Å². The minimum Gasteiger partial charge on any atom is -0.462 e. The summed E-state index contributed by atoms with van der Waals surface area (Å²) in [5, 5.41) is 0. The Morgan fingerprint density at radius 2 is 0.506 bits per heavy atom. The summed E-state index contributed by atoms with van der Waals surface area (Å²) < 4.78 is 16.9. The maximum absolute atomic E-state index is 12.9. The molecule has 0 radical (unpaired) electrons. The summed E-state index contributed by atoms with van der Waals surface area (Å²) >= 11 is 0. The van der Waals surface area contributed by atoms with E-state index in [1.54, 1.807) is 0 Å². The van der Waals surface area contributed by atoms with Crippen LogP contribution in [-0.2, 0) is 28.6 Å². The molecule has 0 rings (SSSR count). The second kappa shape index (κ2) is 65.4. The molecule has 0 aliphatic heterocycles. The van der Waals surface area contributed by atoms with E-state index in [-0.39, 0.29) is 31.1 Å². The maximum atomic E-state index is 12.9. The van der Waals surface area contributed by atoms with Crippen LogP contribution in [0.1, 0.15) is 342 Å². The first-order valence-corrected chi connectivity index (χ1v) is 33.4. The van der Waals surface area contributed by atoms with Crippen molar-refractivity contribution in [3.05, 3.63) is 72.9 Å². The number of esters is 3. The lowest BCUT2D eigenvalue weighted by Crippen LogP contribution is -2.30. The smallest absolute Gasteiger partial charge is 0.306 e. The molecule has 0 aromatic carbocycles. The molecule has 77 heavy (non-hydrogen) atoms. The molecule has 0 aromatic heterocycles. The summed E-state index contributed by atoms with van der Waals surface area (Å²) in [6.45, 7) is 6.53. The van der Waals surface area contributed by atoms with Gasteiger partial charge in [0.05, 0.1) is 0 Å². The largest absolute Gasteiger partial charge is 0.462 e. The summed E-state index contributed by atoms with van der Waals surface area (Å²) in [4.78, 5) is 38.4. The quantitative estimate of drug-likeness (QED) is 0.0261. The summed E-state index contributed by atoms with van der Waals surface area (Å²) in [6.07, 6.45) is 84.9. The molecule has 0 spiro atoms. The van der Waals surface area contributed by atoms with Crippen LogP contribution in [0.15, 0.2) is 72.9 Å². The number of rotatable bonds is 61. The molecular formula is C71H126O6. The highest BCUT2D eigenvalue weighted by Crippen LogP contribution is 2.17. The Labute approximate surface area is 478 Å². The van der Waals surface area contributed by atoms with Gasteiger partial charge in [-0.2, -0.15) is 0 Å². The summed E-state index contributed by atoms with van der Waals surface area (Å²) in [6, 6.07) is 0. The summed E-state index contributed by atoms with van der Waals surface area (Å²) in [7, 11) is 0. The molecule has 6 nitrogen and oxygen atoms in total. The van der Waals surface area contributed by atoms with Crippen molar-refractivity contribution in [2.45, 2.75) is 348 Å². The van der Waals surface area contributed by atoms with Crippen molar-refractivity contribution >= 4 is 17.9 Å². The van der Waals surface area contributed by atoms with E-state index in [0.717, 1.165) is 83.5 Å². The molecular weight excluding hydrogens is 949 g/mol. The van der Waals surface area contributed by atoms with Crippen molar-refractivity contribution in [2.24, 2.45) is 0 Å². The lowest BCUT2D eigenvalue weighted by atomic mass is 10.0. The van der Waals surface area contributed by atoms with Gasteiger partial charge in [-0.15, -0.1) is 0 Å². The Hall–Kier alpha value is -3.15. The van der Waals surface area contributed by atoms with Gasteiger partial charge in [-0.05, 0) is 109 Å². The number of carbonyl (C=O) groups is 3. The zero-order valence-corrected chi connectivity index (χ0v) is 51.2. The first-order valence-electron chi connectivity index (χ1n) is 33.4. The third kappa shape index (κ3) is 63.6. The fourth-order valence-corrected chi connectivity index (χ4v) is 9.66. The molecule has 446 valence electrons. The van der Waals surface area contributed by atoms with Gasteiger partial charge in [0.2, 0.25) is 0 Å². The Morgan fingerprint density at radius 1 is 0.273 bits per heavy atom. The Bertz CT molecular complexity index is 1420. The predicted octanol–water partition coefficient (Wildman–Crippen LogP) is 22.9. The molecule has 1 atom stereocenters. The number of carbonyl (C=O) groups excluding carboxylic acids is 3. The van der Waals surface area contributed by atoms with E-state index in [2.05, 4.69) is 93.7 Å². The van der Waals surface area contributed by atoms with E-state index in [0.29, 0.717) is 19.3 Å². The van der Waals surface area contributed by atoms with Crippen LogP contribution < -0.4 is 0 Å². The van der Waals surface area contributed by atoms with Gasteiger partial charge in [0.15, 0.2) is 6.10 Å². The molecule has 0 saturated heterocycles. The van der Waals surface area contributed by atoms with Crippen LogP contribution in [0.5, 0.6) is 0 Å². The van der Waals surface area contributed by atoms with E-state index < -0.39 is 6.10 Å². The standard InChI is InChI=1S/C71H126O6/c1-4-7-10-13-16-19-22-25-28-30-32-34-35-37-38-40-43-46-49-52-55-58-61-64-70(73)76-67-68(66-75-69(72)63-60-57-54-51-48-45-42-27-24-21-18-15-12-9-6-3)77-71(74)65-62-59-56-53-50-47-44-41-39-36-33-31-29-26-23-20-17-14-11-8-5-2/h9,12,18,21,27,30-33,42,48,51,68H,4-8,10-11,13-17,19-20,22-26,28-29,34-41,43-47,49-50,52-67H2,1-3H3/b12-9-,21-18-,32-30-,33-31-,42-27-,51-48-. The minimum atomic E-state index is -0.795. The molecule has 0 N–H and O–H groups in total. The van der Waals surface area contributed by atoms with Crippen molar-refractivity contribution in [1.82, 2.24) is 0 Å². The molecule has 0 fully saturated rings. The molecule has 0 bridgehead atoms. The van der Waals surface area contributed by atoms with Crippen molar-refractivity contribution in [3.63, 3.8) is 0 Å². The molecule has 0 saturated carbocycles. The van der Waals surface area contributed by atoms with E-state index in [1.807, 2.05) is 0 Å². The second-order valence-corrected chi connectivity index (χ2v) is 22.3. The molecule has 0 heterocycles. The average Bonchev–Trinajstić information content (AvgIpc) is 3.43. The topological polar surface area (TPSA) is 78.9 Å². The van der Waals surface area contributed by atoms with Crippen LogP contribution in [0.25, 0.3) is 0 Å². The molecule has 6 heteroatoms. The van der Waals surface area contributed by atoms with Crippen LogP contribution >= 0.6 is 0 Å². The van der Waals surface area contributed by atoms with Gasteiger partial charge in [-0.3, -0.25) is 14.4 Å². The zero-order valence-electron chi connectivity index (χ0n) is 51.2.